The number of carbonyl (C=O) groups is 2. The molecule has 154 valence electrons. The number of nitrogens with one attached hydrogen (secondary N) is 2. The summed E-state index contributed by atoms with van der Waals surface area (Å²) in [7, 11) is 0. The molecule has 2 saturated carbocycles. The first-order valence-electron chi connectivity index (χ1n) is 10.0. The standard InChI is InChI=1S/C20H24FN5O2S/c1-12(18(27)23-19(28)22-13-6-2-3-7-13)29-20-25-24-17(26(20)14-10-11-14)15-8-4-5-9-16(15)21/h4-5,8-9,12-14H,2-3,6-7,10-11H2,1H3,(H2,22,23,27,28)/t12-/m0/s1. The predicted octanol–water partition coefficient (Wildman–Crippen LogP) is 3.67. The summed E-state index contributed by atoms with van der Waals surface area (Å²) < 4.78 is 16.2. The van der Waals surface area contributed by atoms with Crippen molar-refractivity contribution < 1.29 is 14.0 Å². The van der Waals surface area contributed by atoms with Gasteiger partial charge in [-0.1, -0.05) is 36.7 Å². The van der Waals surface area contributed by atoms with Crippen LogP contribution in [0.25, 0.3) is 11.4 Å². The van der Waals surface area contributed by atoms with E-state index in [4.69, 9.17) is 0 Å². The molecule has 9 heteroatoms. The van der Waals surface area contributed by atoms with E-state index in [1.807, 2.05) is 4.57 Å². The molecule has 1 aromatic carbocycles. The van der Waals surface area contributed by atoms with Gasteiger partial charge in [-0.2, -0.15) is 0 Å². The van der Waals surface area contributed by atoms with Gasteiger partial charge in [0, 0.05) is 12.1 Å². The molecule has 1 atom stereocenters. The lowest BCUT2D eigenvalue weighted by Gasteiger charge is -2.15. The molecule has 2 aliphatic carbocycles. The van der Waals surface area contributed by atoms with Crippen LogP contribution < -0.4 is 10.6 Å². The summed E-state index contributed by atoms with van der Waals surface area (Å²) >= 11 is 1.23. The maximum Gasteiger partial charge on any atom is 0.321 e. The number of thioether (sulfide) groups is 1. The third-order valence-corrected chi connectivity index (χ3v) is 6.33. The molecule has 2 aliphatic rings. The number of hydrogen-bond donors (Lipinski definition) is 2. The molecule has 3 amide bonds. The monoisotopic (exact) mass is 417 g/mol. The molecule has 29 heavy (non-hydrogen) atoms. The first kappa shape index (κ1) is 19.9. The molecular formula is C20H24FN5O2S. The molecule has 0 radical (unpaired) electrons. The molecule has 1 aromatic heterocycles. The fraction of sp³-hybridized carbons (Fsp3) is 0.500. The molecule has 0 aliphatic heterocycles. The summed E-state index contributed by atoms with van der Waals surface area (Å²) in [5.41, 5.74) is 0.395. The van der Waals surface area contributed by atoms with Crippen molar-refractivity contribution in [3.63, 3.8) is 0 Å². The van der Waals surface area contributed by atoms with Gasteiger partial charge >= 0.3 is 6.03 Å². The number of amides is 3. The lowest BCUT2D eigenvalue weighted by atomic mass is 10.2. The van der Waals surface area contributed by atoms with Gasteiger partial charge in [0.05, 0.1) is 10.8 Å². The summed E-state index contributed by atoms with van der Waals surface area (Å²) in [5, 5.41) is 13.7. The van der Waals surface area contributed by atoms with Gasteiger partial charge in [-0.15, -0.1) is 10.2 Å². The average molecular weight is 418 g/mol. The van der Waals surface area contributed by atoms with Crippen molar-refractivity contribution >= 4 is 23.7 Å². The second-order valence-corrected chi connectivity index (χ2v) is 8.90. The maximum atomic E-state index is 14.3. The van der Waals surface area contributed by atoms with Gasteiger partial charge < -0.3 is 5.32 Å². The number of carbonyl (C=O) groups excluding carboxylic acids is 2. The van der Waals surface area contributed by atoms with Crippen LogP contribution in [0.15, 0.2) is 29.4 Å². The second kappa shape index (κ2) is 8.52. The Kier molecular flexibility index (Phi) is 5.84. The Hall–Kier alpha value is -2.42. The van der Waals surface area contributed by atoms with Crippen molar-refractivity contribution in [3.8, 4) is 11.4 Å². The Morgan fingerprint density at radius 1 is 1.17 bits per heavy atom. The zero-order valence-electron chi connectivity index (χ0n) is 16.2. The van der Waals surface area contributed by atoms with Crippen LogP contribution in [0, 0.1) is 5.82 Å². The van der Waals surface area contributed by atoms with E-state index < -0.39 is 11.3 Å². The van der Waals surface area contributed by atoms with Gasteiger partial charge in [0.25, 0.3) is 0 Å². The molecule has 7 nitrogen and oxygen atoms in total. The highest BCUT2D eigenvalue weighted by atomic mass is 32.2. The molecule has 0 bridgehead atoms. The predicted molar refractivity (Wildman–Crippen MR) is 108 cm³/mol. The maximum absolute atomic E-state index is 14.3. The van der Waals surface area contributed by atoms with Gasteiger partial charge in [0.1, 0.15) is 5.82 Å². The molecule has 4 rings (SSSR count). The van der Waals surface area contributed by atoms with E-state index in [-0.39, 0.29) is 23.8 Å². The third-order valence-electron chi connectivity index (χ3n) is 5.27. The number of halogens is 1. The Balaban J connectivity index is 1.44. The van der Waals surface area contributed by atoms with Crippen molar-refractivity contribution in [3.05, 3.63) is 30.1 Å². The normalized spacial score (nSPS) is 17.9. The average Bonchev–Trinajstić information content (AvgIpc) is 3.24. The van der Waals surface area contributed by atoms with Crippen LogP contribution in [-0.4, -0.2) is 38.0 Å². The Bertz CT molecular complexity index is 908. The minimum atomic E-state index is -0.542. The summed E-state index contributed by atoms with van der Waals surface area (Å²) in [5.74, 6) is -0.268. The third kappa shape index (κ3) is 4.60. The van der Waals surface area contributed by atoms with Crippen LogP contribution in [0.1, 0.15) is 51.5 Å². The van der Waals surface area contributed by atoms with E-state index in [1.54, 1.807) is 25.1 Å². The van der Waals surface area contributed by atoms with E-state index in [9.17, 15) is 14.0 Å². The minimum Gasteiger partial charge on any atom is -0.335 e. The number of aromatic nitrogens is 3. The Morgan fingerprint density at radius 3 is 2.59 bits per heavy atom. The van der Waals surface area contributed by atoms with Crippen LogP contribution in [-0.2, 0) is 4.79 Å². The highest BCUT2D eigenvalue weighted by Crippen LogP contribution is 2.42. The van der Waals surface area contributed by atoms with Gasteiger partial charge in [0.2, 0.25) is 5.91 Å². The van der Waals surface area contributed by atoms with E-state index in [0.717, 1.165) is 38.5 Å². The van der Waals surface area contributed by atoms with Crippen molar-refractivity contribution in [2.75, 3.05) is 0 Å². The first-order valence-corrected chi connectivity index (χ1v) is 10.9. The number of hydrogen-bond acceptors (Lipinski definition) is 5. The van der Waals surface area contributed by atoms with Crippen molar-refractivity contribution in [2.45, 2.75) is 67.9 Å². The highest BCUT2D eigenvalue weighted by molar-refractivity contribution is 8.00. The van der Waals surface area contributed by atoms with Crippen LogP contribution >= 0.6 is 11.8 Å². The van der Waals surface area contributed by atoms with E-state index in [2.05, 4.69) is 20.8 Å². The van der Waals surface area contributed by atoms with Crippen LogP contribution in [0.2, 0.25) is 0 Å². The molecule has 2 fully saturated rings. The van der Waals surface area contributed by atoms with Crippen LogP contribution in [0.5, 0.6) is 0 Å². The largest absolute Gasteiger partial charge is 0.335 e. The lowest BCUT2D eigenvalue weighted by Crippen LogP contribution is -2.45. The van der Waals surface area contributed by atoms with E-state index in [0.29, 0.717) is 16.5 Å². The van der Waals surface area contributed by atoms with Gasteiger partial charge in [0.15, 0.2) is 11.0 Å². The van der Waals surface area contributed by atoms with E-state index in [1.165, 1.54) is 17.8 Å². The summed E-state index contributed by atoms with van der Waals surface area (Å²) in [6.45, 7) is 1.72. The number of benzene rings is 1. The highest BCUT2D eigenvalue weighted by Gasteiger charge is 2.32. The summed E-state index contributed by atoms with van der Waals surface area (Å²) in [4.78, 5) is 24.5. The first-order chi connectivity index (χ1) is 14.0. The number of rotatable bonds is 6. The zero-order valence-corrected chi connectivity index (χ0v) is 17.0. The van der Waals surface area contributed by atoms with Crippen molar-refractivity contribution in [2.24, 2.45) is 0 Å². The fourth-order valence-electron chi connectivity index (χ4n) is 3.56. The van der Waals surface area contributed by atoms with Crippen molar-refractivity contribution in [1.82, 2.24) is 25.4 Å². The SMILES string of the molecule is C[C@H](Sc1nnc(-c2ccccc2F)n1C1CC1)C(=O)NC(=O)NC1CCCC1. The van der Waals surface area contributed by atoms with E-state index >= 15 is 0 Å². The topological polar surface area (TPSA) is 88.9 Å². The molecule has 0 spiro atoms. The molecule has 1 heterocycles. The summed E-state index contributed by atoms with van der Waals surface area (Å²) in [6.07, 6.45) is 6.05. The second-order valence-electron chi connectivity index (χ2n) is 7.59. The molecular weight excluding hydrogens is 393 g/mol. The molecule has 0 unspecified atom stereocenters. The van der Waals surface area contributed by atoms with Gasteiger partial charge in [-0.25, -0.2) is 9.18 Å². The van der Waals surface area contributed by atoms with Gasteiger partial charge in [-0.3, -0.25) is 14.7 Å². The number of urea groups is 1. The van der Waals surface area contributed by atoms with Crippen molar-refractivity contribution in [1.29, 1.82) is 0 Å². The van der Waals surface area contributed by atoms with Crippen LogP contribution in [0.3, 0.4) is 0 Å². The molecule has 0 saturated heterocycles. The number of imide groups is 1. The Morgan fingerprint density at radius 2 is 1.90 bits per heavy atom. The molecule has 2 aromatic rings. The fourth-order valence-corrected chi connectivity index (χ4v) is 4.48. The zero-order chi connectivity index (χ0) is 20.4. The summed E-state index contributed by atoms with van der Waals surface area (Å²) in [6, 6.07) is 6.37. The lowest BCUT2D eigenvalue weighted by molar-refractivity contribution is -0.119. The molecule has 2 N–H and O–H groups in total. The quantitative estimate of drug-likeness (QED) is 0.700. The smallest absolute Gasteiger partial charge is 0.321 e. The minimum absolute atomic E-state index is 0.145. The Labute approximate surface area is 172 Å². The van der Waals surface area contributed by atoms with Gasteiger partial charge in [-0.05, 0) is 44.7 Å². The number of nitrogens with zero attached hydrogens (tertiary/aromatic N) is 3. The van der Waals surface area contributed by atoms with Crippen LogP contribution in [0.4, 0.5) is 9.18 Å².